The number of aliphatic hydroxyl groups is 1. The number of amides is 1. The van der Waals surface area contributed by atoms with Gasteiger partial charge in [0.2, 0.25) is 0 Å². The number of halogens is 1. The Kier molecular flexibility index (Phi) is 6.78. The molecule has 0 bridgehead atoms. The van der Waals surface area contributed by atoms with Crippen LogP contribution in [0.4, 0.5) is 0 Å². The molecule has 2 N–H and O–H groups in total. The number of hydrogen-bond acceptors (Lipinski definition) is 4. The third-order valence-electron chi connectivity index (χ3n) is 2.68. The number of benzene rings is 1. The summed E-state index contributed by atoms with van der Waals surface area (Å²) in [4.78, 5) is 11.6. The fourth-order valence-electron chi connectivity index (χ4n) is 1.46. The van der Waals surface area contributed by atoms with E-state index in [9.17, 15) is 9.90 Å². The molecule has 1 amide bonds. The molecule has 5 nitrogen and oxygen atoms in total. The standard InChI is InChI=1S/C14H20ClNO4/c1-14(18,6-7-19-2)10-16-13(17)9-20-12-5-3-4-11(15)8-12/h3-5,8,18H,6-7,9-10H2,1-2H3,(H,16,17). The first-order valence-corrected chi connectivity index (χ1v) is 6.67. The Bertz CT molecular complexity index is 437. The maximum atomic E-state index is 11.6. The molecule has 0 saturated heterocycles. The fraction of sp³-hybridized carbons (Fsp3) is 0.500. The van der Waals surface area contributed by atoms with E-state index in [2.05, 4.69) is 5.32 Å². The molecule has 1 atom stereocenters. The average Bonchev–Trinajstić information content (AvgIpc) is 2.41. The molecule has 1 unspecified atom stereocenters. The topological polar surface area (TPSA) is 67.8 Å². The van der Waals surface area contributed by atoms with Crippen LogP contribution in [0.2, 0.25) is 5.02 Å². The van der Waals surface area contributed by atoms with Gasteiger partial charge in [-0.1, -0.05) is 17.7 Å². The van der Waals surface area contributed by atoms with Gasteiger partial charge in [-0.3, -0.25) is 4.79 Å². The van der Waals surface area contributed by atoms with Crippen molar-refractivity contribution in [2.75, 3.05) is 26.9 Å². The molecule has 1 aromatic rings. The largest absolute Gasteiger partial charge is 0.484 e. The lowest BCUT2D eigenvalue weighted by atomic mass is 10.0. The van der Waals surface area contributed by atoms with E-state index in [0.717, 1.165) is 0 Å². The Morgan fingerprint density at radius 1 is 1.50 bits per heavy atom. The zero-order chi connectivity index (χ0) is 15.0. The van der Waals surface area contributed by atoms with Crippen LogP contribution in [0.1, 0.15) is 13.3 Å². The minimum absolute atomic E-state index is 0.124. The first kappa shape index (κ1) is 16.8. The summed E-state index contributed by atoms with van der Waals surface area (Å²) in [5.41, 5.74) is -0.998. The van der Waals surface area contributed by atoms with Gasteiger partial charge in [-0.15, -0.1) is 0 Å². The van der Waals surface area contributed by atoms with E-state index in [1.165, 1.54) is 0 Å². The Morgan fingerprint density at radius 3 is 2.90 bits per heavy atom. The average molecular weight is 302 g/mol. The Hall–Kier alpha value is -1.30. The third kappa shape index (κ3) is 6.75. The van der Waals surface area contributed by atoms with E-state index in [-0.39, 0.29) is 19.1 Å². The lowest BCUT2D eigenvalue weighted by molar-refractivity contribution is -0.124. The van der Waals surface area contributed by atoms with Gasteiger partial charge in [-0.05, 0) is 25.1 Å². The number of rotatable bonds is 8. The van der Waals surface area contributed by atoms with Crippen molar-refractivity contribution < 1.29 is 19.4 Å². The summed E-state index contributed by atoms with van der Waals surface area (Å²) < 4.78 is 10.2. The van der Waals surface area contributed by atoms with E-state index >= 15 is 0 Å². The summed E-state index contributed by atoms with van der Waals surface area (Å²) in [5, 5.41) is 13.1. The van der Waals surface area contributed by atoms with Crippen molar-refractivity contribution in [3.63, 3.8) is 0 Å². The second kappa shape index (κ2) is 8.09. The quantitative estimate of drug-likeness (QED) is 0.766. The molecule has 1 aromatic carbocycles. The second-order valence-corrected chi connectivity index (χ2v) is 5.20. The van der Waals surface area contributed by atoms with Crippen molar-refractivity contribution in [2.45, 2.75) is 18.9 Å². The number of hydrogen-bond donors (Lipinski definition) is 2. The van der Waals surface area contributed by atoms with Gasteiger partial charge in [0.15, 0.2) is 6.61 Å². The fourth-order valence-corrected chi connectivity index (χ4v) is 1.64. The van der Waals surface area contributed by atoms with Gasteiger partial charge in [0.1, 0.15) is 5.75 Å². The van der Waals surface area contributed by atoms with E-state index in [0.29, 0.717) is 23.8 Å². The molecule has 20 heavy (non-hydrogen) atoms. The SMILES string of the molecule is COCCC(C)(O)CNC(=O)COc1cccc(Cl)c1. The molecular weight excluding hydrogens is 282 g/mol. The molecule has 0 saturated carbocycles. The zero-order valence-corrected chi connectivity index (χ0v) is 12.4. The van der Waals surface area contributed by atoms with Gasteiger partial charge in [-0.25, -0.2) is 0 Å². The summed E-state index contributed by atoms with van der Waals surface area (Å²) in [6.45, 7) is 2.10. The number of carbonyl (C=O) groups excluding carboxylic acids is 1. The predicted molar refractivity (Wildman–Crippen MR) is 77.1 cm³/mol. The van der Waals surface area contributed by atoms with Crippen LogP contribution in [0.15, 0.2) is 24.3 Å². The molecule has 0 fully saturated rings. The number of methoxy groups -OCH3 is 1. The molecule has 1 rings (SSSR count). The lowest BCUT2D eigenvalue weighted by Gasteiger charge is -2.23. The maximum absolute atomic E-state index is 11.6. The van der Waals surface area contributed by atoms with Crippen molar-refractivity contribution in [2.24, 2.45) is 0 Å². The molecular formula is C14H20ClNO4. The number of nitrogens with one attached hydrogen (secondary N) is 1. The van der Waals surface area contributed by atoms with Crippen LogP contribution in [0.5, 0.6) is 5.75 Å². The highest BCUT2D eigenvalue weighted by Gasteiger charge is 2.20. The Labute approximate surface area is 123 Å². The lowest BCUT2D eigenvalue weighted by Crippen LogP contribution is -2.42. The van der Waals surface area contributed by atoms with Crippen LogP contribution in [-0.2, 0) is 9.53 Å². The summed E-state index contributed by atoms with van der Waals surface area (Å²) in [5.74, 6) is 0.224. The van der Waals surface area contributed by atoms with Crippen molar-refractivity contribution in [1.29, 1.82) is 0 Å². The van der Waals surface area contributed by atoms with Gasteiger partial charge < -0.3 is 19.9 Å². The van der Waals surface area contributed by atoms with Gasteiger partial charge >= 0.3 is 0 Å². The van der Waals surface area contributed by atoms with Crippen LogP contribution in [0.25, 0.3) is 0 Å². The molecule has 112 valence electrons. The van der Waals surface area contributed by atoms with Crippen LogP contribution in [0, 0.1) is 0 Å². The zero-order valence-electron chi connectivity index (χ0n) is 11.7. The van der Waals surface area contributed by atoms with Gasteiger partial charge in [-0.2, -0.15) is 0 Å². The summed E-state index contributed by atoms with van der Waals surface area (Å²) in [7, 11) is 1.56. The number of ether oxygens (including phenoxy) is 2. The molecule has 0 aliphatic heterocycles. The predicted octanol–water partition coefficient (Wildman–Crippen LogP) is 1.62. The van der Waals surface area contributed by atoms with Gasteiger partial charge in [0.05, 0.1) is 5.60 Å². The highest BCUT2D eigenvalue weighted by molar-refractivity contribution is 6.30. The van der Waals surface area contributed by atoms with Crippen LogP contribution < -0.4 is 10.1 Å². The van der Waals surface area contributed by atoms with Crippen LogP contribution in [-0.4, -0.2) is 43.5 Å². The normalized spacial score (nSPS) is 13.6. The third-order valence-corrected chi connectivity index (χ3v) is 2.91. The summed E-state index contributed by atoms with van der Waals surface area (Å²) >= 11 is 5.80. The minimum atomic E-state index is -0.998. The smallest absolute Gasteiger partial charge is 0.258 e. The second-order valence-electron chi connectivity index (χ2n) is 4.76. The first-order chi connectivity index (χ1) is 9.43. The van der Waals surface area contributed by atoms with Crippen molar-refractivity contribution in [1.82, 2.24) is 5.32 Å². The van der Waals surface area contributed by atoms with E-state index in [1.807, 2.05) is 0 Å². The van der Waals surface area contributed by atoms with Crippen molar-refractivity contribution in [3.05, 3.63) is 29.3 Å². The van der Waals surface area contributed by atoms with E-state index < -0.39 is 5.60 Å². The summed E-state index contributed by atoms with van der Waals surface area (Å²) in [6, 6.07) is 6.81. The Balaban J connectivity index is 2.30. The monoisotopic (exact) mass is 301 g/mol. The number of carbonyl (C=O) groups is 1. The van der Waals surface area contributed by atoms with Crippen LogP contribution >= 0.6 is 11.6 Å². The minimum Gasteiger partial charge on any atom is -0.484 e. The van der Waals surface area contributed by atoms with E-state index in [1.54, 1.807) is 38.3 Å². The van der Waals surface area contributed by atoms with Gasteiger partial charge in [0.25, 0.3) is 5.91 Å². The highest BCUT2D eigenvalue weighted by atomic mass is 35.5. The van der Waals surface area contributed by atoms with Gasteiger partial charge in [0, 0.05) is 31.7 Å². The van der Waals surface area contributed by atoms with E-state index in [4.69, 9.17) is 21.1 Å². The maximum Gasteiger partial charge on any atom is 0.258 e. The molecule has 0 aliphatic rings. The first-order valence-electron chi connectivity index (χ1n) is 6.29. The molecule has 0 heterocycles. The summed E-state index contributed by atoms with van der Waals surface area (Å²) in [6.07, 6.45) is 0.443. The highest BCUT2D eigenvalue weighted by Crippen LogP contribution is 2.16. The van der Waals surface area contributed by atoms with Crippen molar-refractivity contribution >= 4 is 17.5 Å². The Morgan fingerprint density at radius 2 is 2.25 bits per heavy atom. The molecule has 0 aliphatic carbocycles. The van der Waals surface area contributed by atoms with Crippen molar-refractivity contribution in [3.8, 4) is 5.75 Å². The van der Waals surface area contributed by atoms with Crippen LogP contribution in [0.3, 0.4) is 0 Å². The molecule has 0 aromatic heterocycles. The molecule has 0 radical (unpaired) electrons. The molecule has 0 spiro atoms. The molecule has 6 heteroatoms.